The first-order valence-corrected chi connectivity index (χ1v) is 18.6. The molecule has 51 heavy (non-hydrogen) atoms. The van der Waals surface area contributed by atoms with Crippen LogP contribution in [0, 0.1) is 11.3 Å². The van der Waals surface area contributed by atoms with Crippen molar-refractivity contribution in [3.63, 3.8) is 0 Å². The number of nitrogens with zero attached hydrogens (tertiary/aromatic N) is 3. The molecule has 1 saturated heterocycles. The molecular weight excluding hydrogens is 704 g/mol. The summed E-state index contributed by atoms with van der Waals surface area (Å²) in [5, 5.41) is 4.71. The number of carbonyl (C=O) groups excluding carboxylic acids is 4. The van der Waals surface area contributed by atoms with Crippen LogP contribution in [0.15, 0.2) is 30.9 Å². The number of hydrogen-bond donors (Lipinski definition) is 3. The number of halogens is 1. The van der Waals surface area contributed by atoms with Crippen LogP contribution in [0.2, 0.25) is 5.15 Å². The van der Waals surface area contributed by atoms with E-state index in [1.807, 2.05) is 0 Å². The fourth-order valence-corrected chi connectivity index (χ4v) is 7.53. The van der Waals surface area contributed by atoms with E-state index in [2.05, 4.69) is 31.9 Å². The van der Waals surface area contributed by atoms with Crippen molar-refractivity contribution in [3.8, 4) is 11.6 Å². The van der Waals surface area contributed by atoms with Gasteiger partial charge in [-0.1, -0.05) is 38.4 Å². The molecule has 2 aliphatic carbocycles. The Bertz CT molecular complexity index is 1860. The van der Waals surface area contributed by atoms with Crippen LogP contribution in [0.1, 0.15) is 67.2 Å². The minimum absolute atomic E-state index is 0.0369. The molecule has 0 unspecified atom stereocenters. The molecule has 15 nitrogen and oxygen atoms in total. The third kappa shape index (κ3) is 8.49. The number of hydrogen-bond acceptors (Lipinski definition) is 11. The van der Waals surface area contributed by atoms with Crippen molar-refractivity contribution < 1.29 is 41.8 Å². The number of fused-ring (bicyclic) bond motifs is 1. The van der Waals surface area contributed by atoms with Gasteiger partial charge in [0.15, 0.2) is 5.15 Å². The Balaban J connectivity index is 1.45. The van der Waals surface area contributed by atoms with Gasteiger partial charge >= 0.3 is 6.09 Å². The lowest BCUT2D eigenvalue weighted by Gasteiger charge is -2.36. The number of benzene rings is 1. The lowest BCUT2D eigenvalue weighted by atomic mass is 9.85. The van der Waals surface area contributed by atoms with Gasteiger partial charge < -0.3 is 29.7 Å². The van der Waals surface area contributed by atoms with Crippen molar-refractivity contribution >= 4 is 56.5 Å². The maximum atomic E-state index is 14.4. The largest absolute Gasteiger partial charge is 0.497 e. The third-order valence-electron chi connectivity index (χ3n) is 8.95. The highest BCUT2D eigenvalue weighted by Gasteiger charge is 2.62. The zero-order valence-electron chi connectivity index (χ0n) is 29.7. The molecule has 278 valence electrons. The fraction of sp³-hybridized carbons (Fsp3) is 0.588. The number of ether oxygens (including phenoxy) is 3. The maximum Gasteiger partial charge on any atom is 0.408 e. The first-order valence-electron chi connectivity index (χ1n) is 16.7. The van der Waals surface area contributed by atoms with Gasteiger partial charge in [-0.25, -0.2) is 23.2 Å². The zero-order valence-corrected chi connectivity index (χ0v) is 31.3. The summed E-state index contributed by atoms with van der Waals surface area (Å²) in [6, 6.07) is 2.69. The van der Waals surface area contributed by atoms with Crippen molar-refractivity contribution in [1.29, 1.82) is 0 Å². The minimum Gasteiger partial charge on any atom is -0.497 e. The topological polar surface area (TPSA) is 195 Å². The van der Waals surface area contributed by atoms with Crippen LogP contribution >= 0.6 is 11.6 Å². The van der Waals surface area contributed by atoms with Gasteiger partial charge in [0.25, 0.3) is 11.8 Å². The second-order valence-electron chi connectivity index (χ2n) is 15.3. The Kier molecular flexibility index (Phi) is 10.3. The molecule has 5 rings (SSSR count). The standard InChI is InChI=1S/C34H45ClN6O9S/c1-9-18-16-34(18,30(44)40-51(46,47)21-11-12-21)39-27(42)24-15-20(49-28-26(35)36-22-13-10-19(48-8)14-23(22)37-28)17-41(24)29(43)25(32(2,3)4)38-31(45)50-33(5,6)7/h9-10,13-14,18,20-21,24-25H,1,11-12,15-17H2,2-8H3,(H,38,45)(H,39,42)(H,40,44)/t18-,20-,24+,25-,34-/m1/s1. The lowest BCUT2D eigenvalue weighted by molar-refractivity contribution is -0.143. The summed E-state index contributed by atoms with van der Waals surface area (Å²) < 4.78 is 44.3. The molecular formula is C34H45ClN6O9S. The normalized spacial score (nSPS) is 23.9. The van der Waals surface area contributed by atoms with E-state index in [1.165, 1.54) is 18.1 Å². The van der Waals surface area contributed by atoms with Crippen molar-refractivity contribution in [3.05, 3.63) is 36.0 Å². The van der Waals surface area contributed by atoms with Gasteiger partial charge in [0.2, 0.25) is 21.8 Å². The molecule has 17 heteroatoms. The monoisotopic (exact) mass is 748 g/mol. The van der Waals surface area contributed by atoms with Crippen LogP contribution in [0.4, 0.5) is 4.79 Å². The van der Waals surface area contributed by atoms with Crippen molar-refractivity contribution in [2.24, 2.45) is 11.3 Å². The van der Waals surface area contributed by atoms with Gasteiger partial charge in [-0.3, -0.25) is 19.1 Å². The maximum absolute atomic E-state index is 14.4. The van der Waals surface area contributed by atoms with Gasteiger partial charge in [0.1, 0.15) is 35.1 Å². The van der Waals surface area contributed by atoms with E-state index < -0.39 is 79.7 Å². The van der Waals surface area contributed by atoms with Crippen LogP contribution in [0.5, 0.6) is 11.6 Å². The van der Waals surface area contributed by atoms with E-state index in [1.54, 1.807) is 59.7 Å². The van der Waals surface area contributed by atoms with E-state index in [9.17, 15) is 27.6 Å². The molecule has 2 saturated carbocycles. The van der Waals surface area contributed by atoms with Crippen molar-refractivity contribution in [1.82, 2.24) is 30.2 Å². The summed E-state index contributed by atoms with van der Waals surface area (Å²) in [5.74, 6) is -2.25. The van der Waals surface area contributed by atoms with Crippen LogP contribution in [0.3, 0.4) is 0 Å². The van der Waals surface area contributed by atoms with E-state index >= 15 is 0 Å². The van der Waals surface area contributed by atoms with Gasteiger partial charge in [-0.05, 0) is 57.6 Å². The Morgan fingerprint density at radius 3 is 2.35 bits per heavy atom. The second kappa shape index (κ2) is 13.7. The van der Waals surface area contributed by atoms with E-state index in [-0.39, 0.29) is 30.4 Å². The number of carbonyl (C=O) groups is 4. The smallest absolute Gasteiger partial charge is 0.408 e. The zero-order chi connectivity index (χ0) is 37.7. The molecule has 0 spiro atoms. The first kappa shape index (κ1) is 38.1. The molecule has 1 aromatic carbocycles. The first-order chi connectivity index (χ1) is 23.7. The number of aromatic nitrogens is 2. The Morgan fingerprint density at radius 2 is 1.78 bits per heavy atom. The molecule has 1 aliphatic heterocycles. The molecule has 1 aromatic heterocycles. The van der Waals surface area contributed by atoms with Crippen molar-refractivity contribution in [2.45, 2.75) is 102 Å². The number of alkyl carbamates (subject to hydrolysis) is 1. The van der Waals surface area contributed by atoms with Crippen LogP contribution in [0.25, 0.3) is 11.0 Å². The average Bonchev–Trinajstić information content (AvgIpc) is 3.95. The van der Waals surface area contributed by atoms with Gasteiger partial charge in [0.05, 0.1) is 29.9 Å². The summed E-state index contributed by atoms with van der Waals surface area (Å²) in [7, 11) is -2.40. The molecule has 2 heterocycles. The van der Waals surface area contributed by atoms with E-state index in [0.29, 0.717) is 29.6 Å². The number of rotatable bonds is 11. The number of amides is 4. The third-order valence-corrected chi connectivity index (χ3v) is 11.0. The van der Waals surface area contributed by atoms with E-state index in [4.69, 9.17) is 25.8 Å². The van der Waals surface area contributed by atoms with Gasteiger partial charge in [-0.15, -0.1) is 6.58 Å². The van der Waals surface area contributed by atoms with Crippen LogP contribution in [-0.2, 0) is 29.1 Å². The average molecular weight is 749 g/mol. The summed E-state index contributed by atoms with van der Waals surface area (Å²) in [6.45, 7) is 13.9. The second-order valence-corrected chi connectivity index (χ2v) is 17.6. The summed E-state index contributed by atoms with van der Waals surface area (Å²) in [4.78, 5) is 65.1. The number of methoxy groups -OCH3 is 1. The Hall–Kier alpha value is -4.18. The van der Waals surface area contributed by atoms with Crippen LogP contribution < -0.4 is 24.8 Å². The molecule has 3 aliphatic rings. The molecule has 5 atom stereocenters. The highest BCUT2D eigenvalue weighted by molar-refractivity contribution is 7.91. The summed E-state index contributed by atoms with van der Waals surface area (Å²) in [6.07, 6.45) is 0.755. The highest BCUT2D eigenvalue weighted by atomic mass is 35.5. The molecule has 2 aromatic rings. The van der Waals surface area contributed by atoms with Gasteiger partial charge in [0, 0.05) is 18.4 Å². The van der Waals surface area contributed by atoms with Crippen LogP contribution in [-0.4, -0.2) is 95.3 Å². The SMILES string of the molecule is C=C[C@@H]1C[C@]1(NC(=O)[C@@H]1C[C@@H](Oc2nc3cc(OC)ccc3nc2Cl)CN1C(=O)[C@@H](NC(=O)OC(C)(C)C)C(C)(C)C)C(=O)NS(=O)(=O)C1CC1. The predicted molar refractivity (Wildman–Crippen MR) is 188 cm³/mol. The summed E-state index contributed by atoms with van der Waals surface area (Å²) in [5.41, 5.74) is -2.35. The quantitative estimate of drug-likeness (QED) is 0.286. The highest BCUT2D eigenvalue weighted by Crippen LogP contribution is 2.45. The lowest BCUT2D eigenvalue weighted by Crippen LogP contribution is -2.60. The molecule has 3 fully saturated rings. The Morgan fingerprint density at radius 1 is 1.10 bits per heavy atom. The number of sulfonamides is 1. The number of nitrogens with one attached hydrogen (secondary N) is 3. The molecule has 3 N–H and O–H groups in total. The predicted octanol–water partition coefficient (Wildman–Crippen LogP) is 3.25. The minimum atomic E-state index is -3.92. The Labute approximate surface area is 302 Å². The molecule has 0 bridgehead atoms. The van der Waals surface area contributed by atoms with Gasteiger partial charge in [-0.2, -0.15) is 0 Å². The number of likely N-dealkylation sites (tertiary alicyclic amines) is 1. The van der Waals surface area contributed by atoms with E-state index in [0.717, 1.165) is 0 Å². The fourth-order valence-electron chi connectivity index (χ4n) is 5.99. The molecule has 0 radical (unpaired) electrons. The van der Waals surface area contributed by atoms with Crippen molar-refractivity contribution in [2.75, 3.05) is 13.7 Å². The molecule has 4 amide bonds. The summed E-state index contributed by atoms with van der Waals surface area (Å²) >= 11 is 6.46.